The lowest BCUT2D eigenvalue weighted by Crippen LogP contribution is -2.27. The van der Waals surface area contributed by atoms with Gasteiger partial charge in [-0.3, -0.25) is 0 Å². The second kappa shape index (κ2) is 7.20. The average molecular weight is 327 g/mol. The Morgan fingerprint density at radius 1 is 1.29 bits per heavy atom. The van der Waals surface area contributed by atoms with Crippen LogP contribution in [0.25, 0.3) is 0 Å². The van der Waals surface area contributed by atoms with E-state index in [2.05, 4.69) is 30.0 Å². The molecular weight excluding hydrogens is 308 g/mol. The number of rotatable bonds is 3. The Kier molecular flexibility index (Phi) is 5.55. The second-order valence-corrected chi connectivity index (χ2v) is 5.96. The summed E-state index contributed by atoms with van der Waals surface area (Å²) in [5, 5.41) is 13.9. The lowest BCUT2D eigenvalue weighted by molar-refractivity contribution is 0.434. The van der Waals surface area contributed by atoms with Gasteiger partial charge in [-0.1, -0.05) is 0 Å². The first-order valence-corrected chi connectivity index (χ1v) is 7.63. The Morgan fingerprint density at radius 3 is 2.76 bits per heavy atom. The fraction of sp³-hybridized carbons (Fsp3) is 0.538. The van der Waals surface area contributed by atoms with Gasteiger partial charge in [-0.25, -0.2) is 9.97 Å². The van der Waals surface area contributed by atoms with E-state index in [9.17, 15) is 0 Å². The zero-order valence-electron chi connectivity index (χ0n) is 12.1. The minimum absolute atomic E-state index is 0. The Balaban J connectivity index is 0.00000161. The number of halogens is 1. The fourth-order valence-corrected chi connectivity index (χ4v) is 3.24. The van der Waals surface area contributed by atoms with E-state index in [0.29, 0.717) is 5.92 Å². The molecule has 0 atom stereocenters. The largest absolute Gasteiger partial charge is 0.317 e. The highest BCUT2D eigenvalue weighted by Crippen LogP contribution is 2.29. The van der Waals surface area contributed by atoms with E-state index < -0.39 is 0 Å². The minimum atomic E-state index is 0. The molecule has 1 aliphatic rings. The van der Waals surface area contributed by atoms with Gasteiger partial charge in [0.15, 0.2) is 5.16 Å². The van der Waals surface area contributed by atoms with Crippen molar-refractivity contribution < 1.29 is 0 Å². The van der Waals surface area contributed by atoms with Crippen LogP contribution in [-0.4, -0.2) is 37.8 Å². The molecule has 0 saturated carbocycles. The molecule has 114 valence electrons. The highest BCUT2D eigenvalue weighted by atomic mass is 35.5. The molecule has 6 nitrogen and oxygen atoms in total. The normalized spacial score (nSPS) is 15.7. The summed E-state index contributed by atoms with van der Waals surface area (Å²) in [6.45, 7) is 4.01. The first-order valence-electron chi connectivity index (χ1n) is 6.81. The van der Waals surface area contributed by atoms with Crippen LogP contribution in [0.5, 0.6) is 0 Å². The van der Waals surface area contributed by atoms with Crippen LogP contribution in [0.3, 0.4) is 0 Å². The number of hydrogen-bond donors (Lipinski definition) is 1. The summed E-state index contributed by atoms with van der Waals surface area (Å²) in [6.07, 6.45) is 4.03. The van der Waals surface area contributed by atoms with E-state index in [0.717, 1.165) is 47.8 Å². The summed E-state index contributed by atoms with van der Waals surface area (Å²) >= 11 is 1.54. The molecule has 0 bridgehead atoms. The van der Waals surface area contributed by atoms with E-state index in [1.54, 1.807) is 6.20 Å². The van der Waals surface area contributed by atoms with Crippen molar-refractivity contribution in [2.45, 2.75) is 35.9 Å². The number of aryl methyl sites for hydroxylation is 1. The molecule has 1 aliphatic heterocycles. The molecule has 8 heteroatoms. The maximum absolute atomic E-state index is 4.39. The van der Waals surface area contributed by atoms with E-state index in [4.69, 9.17) is 0 Å². The van der Waals surface area contributed by atoms with Crippen molar-refractivity contribution in [1.29, 1.82) is 0 Å². The van der Waals surface area contributed by atoms with Gasteiger partial charge in [-0.2, -0.15) is 0 Å². The SMILES string of the molecule is Cc1nccc(Sc2nnc(C3CCNCC3)n2C)n1.Cl. The van der Waals surface area contributed by atoms with Crippen LogP contribution in [0.4, 0.5) is 0 Å². The van der Waals surface area contributed by atoms with Gasteiger partial charge in [0, 0.05) is 19.2 Å². The van der Waals surface area contributed by atoms with Crippen LogP contribution in [0.1, 0.15) is 30.4 Å². The van der Waals surface area contributed by atoms with Crippen molar-refractivity contribution in [3.63, 3.8) is 0 Å². The van der Waals surface area contributed by atoms with Crippen molar-refractivity contribution in [1.82, 2.24) is 30.0 Å². The predicted molar refractivity (Wildman–Crippen MR) is 84.0 cm³/mol. The third-order valence-corrected chi connectivity index (χ3v) is 4.49. The average Bonchev–Trinajstić information content (AvgIpc) is 2.81. The molecule has 0 radical (unpaired) electrons. The van der Waals surface area contributed by atoms with Gasteiger partial charge in [0.25, 0.3) is 0 Å². The molecule has 0 aliphatic carbocycles. The summed E-state index contributed by atoms with van der Waals surface area (Å²) in [6, 6.07) is 1.90. The number of hydrogen-bond acceptors (Lipinski definition) is 6. The topological polar surface area (TPSA) is 68.5 Å². The van der Waals surface area contributed by atoms with Crippen LogP contribution in [0, 0.1) is 6.92 Å². The van der Waals surface area contributed by atoms with Crippen LogP contribution >= 0.6 is 24.2 Å². The van der Waals surface area contributed by atoms with Crippen molar-refractivity contribution in [2.75, 3.05) is 13.1 Å². The van der Waals surface area contributed by atoms with Crippen molar-refractivity contribution in [2.24, 2.45) is 7.05 Å². The molecule has 2 aromatic rings. The number of nitrogens with zero attached hydrogens (tertiary/aromatic N) is 5. The first-order chi connectivity index (χ1) is 9.74. The van der Waals surface area contributed by atoms with E-state index in [1.165, 1.54) is 11.8 Å². The van der Waals surface area contributed by atoms with Crippen LogP contribution < -0.4 is 5.32 Å². The third-order valence-electron chi connectivity index (χ3n) is 3.52. The van der Waals surface area contributed by atoms with Crippen LogP contribution in [0.2, 0.25) is 0 Å². The summed E-state index contributed by atoms with van der Waals surface area (Å²) in [7, 11) is 2.04. The Morgan fingerprint density at radius 2 is 2.05 bits per heavy atom. The molecule has 0 unspecified atom stereocenters. The molecule has 0 amide bonds. The number of piperidine rings is 1. The highest BCUT2D eigenvalue weighted by molar-refractivity contribution is 7.99. The smallest absolute Gasteiger partial charge is 0.197 e. The quantitative estimate of drug-likeness (QED) is 0.870. The van der Waals surface area contributed by atoms with Crippen LogP contribution in [-0.2, 0) is 7.05 Å². The zero-order chi connectivity index (χ0) is 13.9. The standard InChI is InChI=1S/C13H18N6S.ClH/c1-9-15-8-5-11(16-9)20-13-18-17-12(19(13)2)10-3-6-14-7-4-10;/h5,8,10,14H,3-4,6-7H2,1-2H3;1H. The molecule has 21 heavy (non-hydrogen) atoms. The zero-order valence-corrected chi connectivity index (χ0v) is 13.7. The monoisotopic (exact) mass is 326 g/mol. The maximum atomic E-state index is 4.39. The van der Waals surface area contributed by atoms with Gasteiger partial charge in [-0.05, 0) is 50.7 Å². The van der Waals surface area contributed by atoms with Gasteiger partial charge < -0.3 is 9.88 Å². The molecule has 2 aromatic heterocycles. The Bertz CT molecular complexity index is 596. The molecule has 3 rings (SSSR count). The van der Waals surface area contributed by atoms with Crippen molar-refractivity contribution in [3.8, 4) is 0 Å². The summed E-state index contributed by atoms with van der Waals surface area (Å²) in [5.74, 6) is 2.37. The molecule has 1 N–H and O–H groups in total. The number of nitrogens with one attached hydrogen (secondary N) is 1. The van der Waals surface area contributed by atoms with Crippen LogP contribution in [0.15, 0.2) is 22.4 Å². The minimum Gasteiger partial charge on any atom is -0.317 e. The van der Waals surface area contributed by atoms with Gasteiger partial charge in [0.1, 0.15) is 16.7 Å². The van der Waals surface area contributed by atoms with Crippen molar-refractivity contribution in [3.05, 3.63) is 23.9 Å². The molecule has 1 fully saturated rings. The predicted octanol–water partition coefficient (Wildman–Crippen LogP) is 1.95. The third kappa shape index (κ3) is 3.72. The van der Waals surface area contributed by atoms with Gasteiger partial charge >= 0.3 is 0 Å². The summed E-state index contributed by atoms with van der Waals surface area (Å²) in [5.41, 5.74) is 0. The second-order valence-electron chi connectivity index (χ2n) is 4.97. The lowest BCUT2D eigenvalue weighted by atomic mass is 9.97. The first kappa shape index (κ1) is 16.2. The lowest BCUT2D eigenvalue weighted by Gasteiger charge is -2.21. The molecule has 0 spiro atoms. The molecular formula is C13H19ClN6S. The van der Waals surface area contributed by atoms with E-state index >= 15 is 0 Å². The summed E-state index contributed by atoms with van der Waals surface area (Å²) in [4.78, 5) is 8.50. The Hall–Kier alpha value is -1.18. The van der Waals surface area contributed by atoms with Gasteiger partial charge in [-0.15, -0.1) is 22.6 Å². The Labute approximate surface area is 134 Å². The molecule has 1 saturated heterocycles. The van der Waals surface area contributed by atoms with Gasteiger partial charge in [0.2, 0.25) is 0 Å². The number of aromatic nitrogens is 5. The fourth-order valence-electron chi connectivity index (χ4n) is 2.44. The van der Waals surface area contributed by atoms with Crippen molar-refractivity contribution >= 4 is 24.2 Å². The molecule has 0 aromatic carbocycles. The maximum Gasteiger partial charge on any atom is 0.197 e. The van der Waals surface area contributed by atoms with Gasteiger partial charge in [0.05, 0.1) is 0 Å². The molecule has 3 heterocycles. The van der Waals surface area contributed by atoms with E-state index in [-0.39, 0.29) is 12.4 Å². The van der Waals surface area contributed by atoms with E-state index in [1.807, 2.05) is 20.0 Å². The highest BCUT2D eigenvalue weighted by Gasteiger charge is 2.22. The summed E-state index contributed by atoms with van der Waals surface area (Å²) < 4.78 is 2.10.